The molecule has 0 aliphatic carbocycles. The number of amides is 1. The molecule has 0 saturated carbocycles. The minimum atomic E-state index is -2.58. The van der Waals surface area contributed by atoms with Crippen molar-refractivity contribution in [1.82, 2.24) is 0 Å². The van der Waals surface area contributed by atoms with E-state index in [9.17, 15) is 13.2 Å². The molecule has 1 amide bonds. The van der Waals surface area contributed by atoms with Gasteiger partial charge in [0, 0.05) is 18.0 Å². The summed E-state index contributed by atoms with van der Waals surface area (Å²) >= 11 is 0. The van der Waals surface area contributed by atoms with Gasteiger partial charge in [-0.2, -0.15) is 0 Å². The first-order valence-corrected chi connectivity index (χ1v) is 8.16. The molecule has 0 spiro atoms. The number of thiol groups is 1. The molecule has 0 unspecified atom stereocenters. The summed E-state index contributed by atoms with van der Waals surface area (Å²) in [5, 5.41) is 6.25. The number of carbonyl (C=O) groups excluding carboxylic acids is 1. The monoisotopic (exact) mass is 316 g/mol. The zero-order chi connectivity index (χ0) is 15.7. The van der Waals surface area contributed by atoms with Crippen LogP contribution in [0.4, 0.5) is 11.4 Å². The van der Waals surface area contributed by atoms with Gasteiger partial charge in [0.25, 0.3) is 0 Å². The Bertz CT molecular complexity index is 790. The number of carbonyl (C=O) groups is 1. The van der Waals surface area contributed by atoms with Crippen molar-refractivity contribution < 1.29 is 13.2 Å². The number of hydrogen-bond acceptors (Lipinski definition) is 4. The van der Waals surface area contributed by atoms with Crippen LogP contribution in [0.5, 0.6) is 0 Å². The smallest absolute Gasteiger partial charge is 0.226 e. The van der Waals surface area contributed by atoms with E-state index < -0.39 is 10.7 Å². The van der Waals surface area contributed by atoms with Gasteiger partial charge in [0.1, 0.15) is 0 Å². The van der Waals surface area contributed by atoms with E-state index in [1.165, 1.54) is 0 Å². The highest BCUT2D eigenvalue weighted by molar-refractivity contribution is 7.72. The number of benzene rings is 2. The van der Waals surface area contributed by atoms with E-state index in [1.807, 2.05) is 25.1 Å². The molecule has 1 aliphatic rings. The number of fused-ring (bicyclic) bond motifs is 1. The van der Waals surface area contributed by atoms with Gasteiger partial charge in [-0.1, -0.05) is 24.3 Å². The fourth-order valence-electron chi connectivity index (χ4n) is 2.59. The van der Waals surface area contributed by atoms with Gasteiger partial charge in [-0.25, -0.2) is 8.42 Å². The summed E-state index contributed by atoms with van der Waals surface area (Å²) in [5.41, 5.74) is 3.43. The zero-order valence-corrected chi connectivity index (χ0v) is 12.9. The number of hydrogen-bond donors (Lipinski definition) is 3. The molecule has 6 heteroatoms. The Morgan fingerprint density at radius 1 is 1.09 bits per heavy atom. The fraction of sp³-hybridized carbons (Fsp3) is 0.188. The van der Waals surface area contributed by atoms with Crippen LogP contribution in [0.1, 0.15) is 13.3 Å². The van der Waals surface area contributed by atoms with Gasteiger partial charge in [-0.15, -0.1) is 0 Å². The molecule has 0 radical (unpaired) electrons. The van der Waals surface area contributed by atoms with Crippen molar-refractivity contribution in [3.63, 3.8) is 0 Å². The van der Waals surface area contributed by atoms with Crippen molar-refractivity contribution in [2.45, 2.75) is 24.3 Å². The van der Waals surface area contributed by atoms with Crippen molar-refractivity contribution in [3.05, 3.63) is 42.5 Å². The quantitative estimate of drug-likeness (QED) is 0.744. The van der Waals surface area contributed by atoms with E-state index in [0.717, 1.165) is 22.5 Å². The molecule has 0 saturated heterocycles. The molecule has 2 aromatic rings. The van der Waals surface area contributed by atoms with Crippen molar-refractivity contribution in [2.75, 3.05) is 10.6 Å². The van der Waals surface area contributed by atoms with Crippen LogP contribution in [0.3, 0.4) is 0 Å². The highest BCUT2D eigenvalue weighted by Crippen LogP contribution is 2.36. The van der Waals surface area contributed by atoms with Crippen molar-refractivity contribution in [1.29, 1.82) is 0 Å². The number of para-hydroxylation sites is 1. The van der Waals surface area contributed by atoms with E-state index >= 15 is 0 Å². The molecule has 1 aliphatic heterocycles. The van der Waals surface area contributed by atoms with Crippen LogP contribution in [-0.4, -0.2) is 20.4 Å². The number of anilines is 2. The summed E-state index contributed by atoms with van der Waals surface area (Å²) in [6, 6.07) is 12.4. The Kier molecular flexibility index (Phi) is 3.85. The maximum atomic E-state index is 11.8. The number of nitrogens with one attached hydrogen (secondary N) is 2. The lowest BCUT2D eigenvalue weighted by Gasteiger charge is -2.16. The molecule has 0 fully saturated rings. The van der Waals surface area contributed by atoms with Gasteiger partial charge in [0.05, 0.1) is 16.3 Å². The van der Waals surface area contributed by atoms with Crippen LogP contribution in [-0.2, 0) is 15.5 Å². The predicted molar refractivity (Wildman–Crippen MR) is 86.8 cm³/mol. The fourth-order valence-corrected chi connectivity index (χ4v) is 2.98. The standard InChI is InChI=1S/C16H16N2O3S/c1-10-9-15(19)18-14-4-2-3-13(16(14)17-10)11-5-7-12(8-6-11)22(20)21/h2-8,10,17,22H,9H2,1H3,(H,18,19)/t10-/m1/s1. The summed E-state index contributed by atoms with van der Waals surface area (Å²) in [6.45, 7) is 1.95. The second-order valence-corrected chi connectivity index (χ2v) is 6.36. The summed E-state index contributed by atoms with van der Waals surface area (Å²) < 4.78 is 22.0. The van der Waals surface area contributed by atoms with Crippen molar-refractivity contribution in [2.24, 2.45) is 0 Å². The van der Waals surface area contributed by atoms with Crippen LogP contribution < -0.4 is 10.6 Å². The van der Waals surface area contributed by atoms with Gasteiger partial charge in [0.15, 0.2) is 10.7 Å². The second kappa shape index (κ2) is 5.81. The first-order valence-electron chi connectivity index (χ1n) is 6.99. The minimum absolute atomic E-state index is 0.0189. The summed E-state index contributed by atoms with van der Waals surface area (Å²) in [7, 11) is -2.58. The van der Waals surface area contributed by atoms with Crippen LogP contribution in [0.25, 0.3) is 11.1 Å². The largest absolute Gasteiger partial charge is 0.380 e. The summed E-state index contributed by atoms with van der Waals surface area (Å²) in [4.78, 5) is 12.1. The Hall–Kier alpha value is -2.34. The van der Waals surface area contributed by atoms with Gasteiger partial charge < -0.3 is 10.6 Å². The van der Waals surface area contributed by atoms with E-state index in [4.69, 9.17) is 0 Å². The lowest BCUT2D eigenvalue weighted by molar-refractivity contribution is -0.116. The van der Waals surface area contributed by atoms with E-state index in [-0.39, 0.29) is 16.8 Å². The van der Waals surface area contributed by atoms with Crippen LogP contribution in [0, 0.1) is 0 Å². The maximum Gasteiger partial charge on any atom is 0.226 e. The van der Waals surface area contributed by atoms with E-state index in [2.05, 4.69) is 10.6 Å². The number of rotatable bonds is 2. The van der Waals surface area contributed by atoms with E-state index in [1.54, 1.807) is 24.3 Å². The third-order valence-corrected chi connectivity index (χ3v) is 4.33. The van der Waals surface area contributed by atoms with Gasteiger partial charge in [-0.3, -0.25) is 4.79 Å². The topological polar surface area (TPSA) is 75.3 Å². The molecule has 2 N–H and O–H groups in total. The van der Waals surface area contributed by atoms with Crippen molar-refractivity contribution >= 4 is 28.0 Å². The SMILES string of the molecule is C[C@@H]1CC(=O)Nc2cccc(-c3ccc([SH](=O)=O)cc3)c2N1. The van der Waals surface area contributed by atoms with Gasteiger partial charge in [-0.05, 0) is 30.7 Å². The lowest BCUT2D eigenvalue weighted by atomic mass is 10.0. The molecule has 22 heavy (non-hydrogen) atoms. The third-order valence-electron chi connectivity index (χ3n) is 3.61. The van der Waals surface area contributed by atoms with Gasteiger partial charge >= 0.3 is 0 Å². The molecule has 114 valence electrons. The molecule has 1 atom stereocenters. The molecule has 2 aromatic carbocycles. The molecular formula is C16H16N2O3S. The highest BCUT2D eigenvalue weighted by Gasteiger charge is 2.20. The van der Waals surface area contributed by atoms with Crippen LogP contribution >= 0.6 is 0 Å². The Labute approximate surface area is 130 Å². The minimum Gasteiger partial charge on any atom is -0.380 e. The van der Waals surface area contributed by atoms with Crippen LogP contribution in [0.2, 0.25) is 0 Å². The highest BCUT2D eigenvalue weighted by atomic mass is 32.2. The molecule has 0 bridgehead atoms. The Morgan fingerprint density at radius 2 is 1.82 bits per heavy atom. The average Bonchev–Trinajstić information content (AvgIpc) is 2.63. The second-order valence-electron chi connectivity index (χ2n) is 5.33. The summed E-state index contributed by atoms with van der Waals surface area (Å²) in [5.74, 6) is -0.0189. The van der Waals surface area contributed by atoms with Crippen LogP contribution in [0.15, 0.2) is 47.4 Å². The Balaban J connectivity index is 2.08. The summed E-state index contributed by atoms with van der Waals surface area (Å²) in [6.07, 6.45) is 0.406. The Morgan fingerprint density at radius 3 is 2.50 bits per heavy atom. The van der Waals surface area contributed by atoms with Gasteiger partial charge in [0.2, 0.25) is 5.91 Å². The lowest BCUT2D eigenvalue weighted by Crippen LogP contribution is -2.19. The molecule has 5 nitrogen and oxygen atoms in total. The molecular weight excluding hydrogens is 300 g/mol. The maximum absolute atomic E-state index is 11.8. The molecule has 1 heterocycles. The third kappa shape index (κ3) is 2.82. The van der Waals surface area contributed by atoms with Crippen molar-refractivity contribution in [3.8, 4) is 11.1 Å². The normalized spacial score (nSPS) is 17.4. The average molecular weight is 316 g/mol. The first-order chi connectivity index (χ1) is 10.5. The predicted octanol–water partition coefficient (Wildman–Crippen LogP) is 2.47. The molecule has 0 aromatic heterocycles. The van der Waals surface area contributed by atoms with E-state index in [0.29, 0.717) is 6.42 Å². The first kappa shape index (κ1) is 14.6. The zero-order valence-electron chi connectivity index (χ0n) is 12.0. The molecule has 3 rings (SSSR count).